The number of aromatic nitrogens is 1. The number of thiocarbonyl (C=S) groups is 1. The van der Waals surface area contributed by atoms with Crippen molar-refractivity contribution in [3.8, 4) is 11.4 Å². The van der Waals surface area contributed by atoms with Crippen molar-refractivity contribution in [2.45, 2.75) is 0 Å². The molecule has 2 amide bonds. The number of hydrogen-bond donors (Lipinski definition) is 1. The minimum absolute atomic E-state index is 0.00274. The second-order valence-electron chi connectivity index (χ2n) is 6.44. The topological polar surface area (TPSA) is 63.6 Å². The molecule has 8 heteroatoms. The Labute approximate surface area is 186 Å². The Morgan fingerprint density at radius 2 is 1.80 bits per heavy atom. The summed E-state index contributed by atoms with van der Waals surface area (Å²) in [6.07, 6.45) is 3.42. The summed E-state index contributed by atoms with van der Waals surface area (Å²) in [4.78, 5) is 27.1. The average Bonchev–Trinajstić information content (AvgIpc) is 3.19. The Kier molecular flexibility index (Phi) is 5.52. The lowest BCUT2D eigenvalue weighted by atomic mass is 10.1. The van der Waals surface area contributed by atoms with E-state index in [2.05, 4.69) is 21.2 Å². The highest BCUT2D eigenvalue weighted by Crippen LogP contribution is 2.25. The van der Waals surface area contributed by atoms with Gasteiger partial charge in [0.05, 0.1) is 12.8 Å². The Bertz CT molecular complexity index is 1180. The molecule has 1 aliphatic rings. The van der Waals surface area contributed by atoms with Gasteiger partial charge in [-0.1, -0.05) is 22.0 Å². The Morgan fingerprint density at radius 3 is 2.50 bits per heavy atom. The predicted octanol–water partition coefficient (Wildman–Crippen LogP) is 4.08. The molecule has 0 aliphatic carbocycles. The number of benzene rings is 2. The third-order valence-corrected chi connectivity index (χ3v) is 5.37. The van der Waals surface area contributed by atoms with Gasteiger partial charge in [-0.05, 0) is 72.9 Å². The van der Waals surface area contributed by atoms with Crippen molar-refractivity contribution in [3.05, 3.63) is 82.6 Å². The maximum Gasteiger partial charge on any atom is 0.270 e. The summed E-state index contributed by atoms with van der Waals surface area (Å²) in [5.74, 6) is -0.270. The summed E-state index contributed by atoms with van der Waals surface area (Å²) in [6.45, 7) is 0. The molecule has 4 rings (SSSR count). The fourth-order valence-corrected chi connectivity index (χ4v) is 3.81. The molecule has 0 saturated carbocycles. The highest BCUT2D eigenvalue weighted by Gasteiger charge is 2.34. The fraction of sp³-hybridized carbons (Fsp3) is 0.0455. The molecule has 1 N–H and O–H groups in total. The number of anilines is 1. The van der Waals surface area contributed by atoms with Crippen LogP contribution in [0.25, 0.3) is 11.8 Å². The summed E-state index contributed by atoms with van der Waals surface area (Å²) in [7, 11) is 1.61. The zero-order chi connectivity index (χ0) is 21.3. The molecule has 0 bridgehead atoms. The van der Waals surface area contributed by atoms with E-state index < -0.39 is 11.8 Å². The van der Waals surface area contributed by atoms with E-state index in [1.807, 2.05) is 53.2 Å². The van der Waals surface area contributed by atoms with Crippen molar-refractivity contribution in [2.24, 2.45) is 0 Å². The van der Waals surface area contributed by atoms with Crippen LogP contribution in [0.5, 0.6) is 5.75 Å². The van der Waals surface area contributed by atoms with Crippen molar-refractivity contribution in [1.82, 2.24) is 9.88 Å². The van der Waals surface area contributed by atoms with Crippen LogP contribution in [0.1, 0.15) is 5.69 Å². The zero-order valence-corrected chi connectivity index (χ0v) is 18.2. The molecular formula is C22H16BrN3O3S. The number of nitrogens with zero attached hydrogens (tertiary/aromatic N) is 2. The summed E-state index contributed by atoms with van der Waals surface area (Å²) >= 11 is 8.64. The zero-order valence-electron chi connectivity index (χ0n) is 15.8. The van der Waals surface area contributed by atoms with Gasteiger partial charge in [0.2, 0.25) is 0 Å². The third-order valence-electron chi connectivity index (χ3n) is 4.59. The molecule has 30 heavy (non-hydrogen) atoms. The quantitative estimate of drug-likeness (QED) is 0.346. The van der Waals surface area contributed by atoms with Crippen LogP contribution < -0.4 is 15.0 Å². The molecule has 1 saturated heterocycles. The molecule has 0 radical (unpaired) electrons. The van der Waals surface area contributed by atoms with Crippen LogP contribution in [-0.2, 0) is 9.59 Å². The Balaban J connectivity index is 1.73. The number of nitrogens with one attached hydrogen (secondary N) is 1. The van der Waals surface area contributed by atoms with Gasteiger partial charge in [0.1, 0.15) is 11.3 Å². The molecule has 0 spiro atoms. The van der Waals surface area contributed by atoms with Crippen LogP contribution in [0.4, 0.5) is 5.69 Å². The lowest BCUT2D eigenvalue weighted by molar-refractivity contribution is -0.122. The average molecular weight is 482 g/mol. The first-order chi connectivity index (χ1) is 14.5. The van der Waals surface area contributed by atoms with Crippen molar-refractivity contribution < 1.29 is 14.3 Å². The van der Waals surface area contributed by atoms with Gasteiger partial charge in [0, 0.05) is 22.1 Å². The van der Waals surface area contributed by atoms with Gasteiger partial charge >= 0.3 is 0 Å². The molecule has 0 atom stereocenters. The van der Waals surface area contributed by atoms with Crippen molar-refractivity contribution in [1.29, 1.82) is 0 Å². The van der Waals surface area contributed by atoms with E-state index in [-0.39, 0.29) is 10.7 Å². The molecule has 2 heterocycles. The van der Waals surface area contributed by atoms with E-state index in [4.69, 9.17) is 17.0 Å². The maximum atomic E-state index is 13.2. The molecule has 0 unspecified atom stereocenters. The molecule has 150 valence electrons. The number of methoxy groups -OCH3 is 1. The normalized spacial score (nSPS) is 15.5. The smallest absolute Gasteiger partial charge is 0.270 e. The van der Waals surface area contributed by atoms with Crippen LogP contribution in [0.3, 0.4) is 0 Å². The van der Waals surface area contributed by atoms with Gasteiger partial charge < -0.3 is 9.30 Å². The highest BCUT2D eigenvalue weighted by molar-refractivity contribution is 9.10. The van der Waals surface area contributed by atoms with Crippen molar-refractivity contribution in [2.75, 3.05) is 12.0 Å². The molecule has 3 aromatic rings. The lowest BCUT2D eigenvalue weighted by Crippen LogP contribution is -2.54. The van der Waals surface area contributed by atoms with E-state index in [0.717, 1.165) is 15.9 Å². The standard InChI is InChI=1S/C22H16BrN3O3S/c1-29-18-9-7-15(8-10-18)25-11-3-6-16(25)13-19-20(27)24-22(30)26(21(19)28)17-5-2-4-14(23)12-17/h2-13H,1H3,(H,24,27,30)/b19-13+. The number of ether oxygens (including phenoxy) is 1. The van der Waals surface area contributed by atoms with Crippen LogP contribution in [-0.4, -0.2) is 28.6 Å². The van der Waals surface area contributed by atoms with E-state index in [9.17, 15) is 9.59 Å². The summed E-state index contributed by atoms with van der Waals surface area (Å²) < 4.78 is 7.87. The lowest BCUT2D eigenvalue weighted by Gasteiger charge is -2.29. The Morgan fingerprint density at radius 1 is 1.03 bits per heavy atom. The third kappa shape index (κ3) is 3.79. The maximum absolute atomic E-state index is 13.2. The minimum atomic E-state index is -0.529. The Hall–Kier alpha value is -3.23. The fourth-order valence-electron chi connectivity index (χ4n) is 3.14. The first-order valence-electron chi connectivity index (χ1n) is 8.97. The molecule has 2 aromatic carbocycles. The molecule has 1 aromatic heterocycles. The van der Waals surface area contributed by atoms with Crippen LogP contribution in [0.2, 0.25) is 0 Å². The minimum Gasteiger partial charge on any atom is -0.497 e. The second-order valence-corrected chi connectivity index (χ2v) is 7.74. The van der Waals surface area contributed by atoms with Gasteiger partial charge in [-0.3, -0.25) is 19.8 Å². The summed E-state index contributed by atoms with van der Waals surface area (Å²) in [6, 6.07) is 18.3. The first kappa shape index (κ1) is 20.1. The van der Waals surface area contributed by atoms with E-state index in [1.54, 1.807) is 31.4 Å². The van der Waals surface area contributed by atoms with Crippen molar-refractivity contribution in [3.63, 3.8) is 0 Å². The number of hydrogen-bond acceptors (Lipinski definition) is 4. The van der Waals surface area contributed by atoms with Gasteiger partial charge in [0.15, 0.2) is 5.11 Å². The second kappa shape index (κ2) is 8.25. The monoisotopic (exact) mass is 481 g/mol. The molecule has 1 fully saturated rings. The van der Waals surface area contributed by atoms with E-state index in [0.29, 0.717) is 11.4 Å². The molecular weight excluding hydrogens is 466 g/mol. The number of amides is 2. The SMILES string of the molecule is COc1ccc(-n2cccc2/C=C2\C(=O)NC(=S)N(c3cccc(Br)c3)C2=O)cc1. The number of carbonyl (C=O) groups excluding carboxylic acids is 2. The van der Waals surface area contributed by atoms with Gasteiger partial charge in [-0.25, -0.2) is 0 Å². The summed E-state index contributed by atoms with van der Waals surface area (Å²) in [5, 5.41) is 2.65. The highest BCUT2D eigenvalue weighted by atomic mass is 79.9. The van der Waals surface area contributed by atoms with Crippen LogP contribution in [0.15, 0.2) is 76.9 Å². The van der Waals surface area contributed by atoms with E-state index in [1.165, 1.54) is 4.90 Å². The molecule has 1 aliphatic heterocycles. The first-order valence-corrected chi connectivity index (χ1v) is 10.2. The number of carbonyl (C=O) groups is 2. The number of rotatable bonds is 4. The van der Waals surface area contributed by atoms with Crippen LogP contribution in [0, 0.1) is 0 Å². The van der Waals surface area contributed by atoms with Gasteiger partial charge in [0.25, 0.3) is 11.8 Å². The largest absolute Gasteiger partial charge is 0.497 e. The van der Waals surface area contributed by atoms with Gasteiger partial charge in [-0.15, -0.1) is 0 Å². The van der Waals surface area contributed by atoms with Crippen molar-refractivity contribution >= 4 is 56.8 Å². The van der Waals surface area contributed by atoms with Gasteiger partial charge in [-0.2, -0.15) is 0 Å². The predicted molar refractivity (Wildman–Crippen MR) is 123 cm³/mol. The number of halogens is 1. The van der Waals surface area contributed by atoms with E-state index >= 15 is 0 Å². The molecule has 6 nitrogen and oxygen atoms in total. The summed E-state index contributed by atoms with van der Waals surface area (Å²) in [5.41, 5.74) is 2.12. The van der Waals surface area contributed by atoms with Crippen LogP contribution >= 0.6 is 28.1 Å².